The zero-order valence-electron chi connectivity index (χ0n) is 13.6. The molecule has 3 rings (SSSR count). The zero-order chi connectivity index (χ0) is 16.9. The molecule has 1 fully saturated rings. The minimum atomic E-state index is -0.295. The van der Waals surface area contributed by atoms with Crippen LogP contribution in [0.2, 0.25) is 5.02 Å². The van der Waals surface area contributed by atoms with Gasteiger partial charge in [-0.2, -0.15) is 0 Å². The van der Waals surface area contributed by atoms with Crippen molar-refractivity contribution in [1.29, 1.82) is 0 Å². The Bertz CT molecular complexity index is 731. The van der Waals surface area contributed by atoms with E-state index in [1.54, 1.807) is 24.3 Å². The van der Waals surface area contributed by atoms with E-state index < -0.39 is 0 Å². The Labute approximate surface area is 146 Å². The predicted octanol–water partition coefficient (Wildman–Crippen LogP) is 3.36. The monoisotopic (exact) mass is 345 g/mol. The molecule has 0 unspecified atom stereocenters. The molecule has 126 valence electrons. The summed E-state index contributed by atoms with van der Waals surface area (Å²) in [5.74, 6) is 0.750. The Hall–Kier alpha value is -2.34. The number of aromatic nitrogens is 2. The number of nitrogens with one attached hydrogen (secondary N) is 2. The number of carbonyl (C=O) groups excluding carboxylic acids is 1. The summed E-state index contributed by atoms with van der Waals surface area (Å²) < 4.78 is 0. The number of carbonyl (C=O) groups is 1. The highest BCUT2D eigenvalue weighted by Crippen LogP contribution is 2.17. The lowest BCUT2D eigenvalue weighted by molar-refractivity contribution is 0.251. The maximum absolute atomic E-state index is 12.0. The van der Waals surface area contributed by atoms with Crippen LogP contribution in [0.25, 0.3) is 0 Å². The molecule has 2 N–H and O–H groups in total. The first kappa shape index (κ1) is 16.5. The molecule has 1 aromatic carbocycles. The number of anilines is 2. The van der Waals surface area contributed by atoms with Gasteiger partial charge in [0.2, 0.25) is 5.95 Å². The largest absolute Gasteiger partial charge is 0.341 e. The van der Waals surface area contributed by atoms with Crippen LogP contribution in [-0.2, 0) is 6.54 Å². The summed E-state index contributed by atoms with van der Waals surface area (Å²) in [6, 6.07) is 8.62. The number of aryl methyl sites for hydroxylation is 1. The van der Waals surface area contributed by atoms with Crippen LogP contribution in [-0.4, -0.2) is 29.1 Å². The van der Waals surface area contributed by atoms with Crippen molar-refractivity contribution >= 4 is 29.3 Å². The van der Waals surface area contributed by atoms with Crippen molar-refractivity contribution in [3.63, 3.8) is 0 Å². The predicted molar refractivity (Wildman–Crippen MR) is 95.5 cm³/mol. The van der Waals surface area contributed by atoms with Crippen molar-refractivity contribution in [3.8, 4) is 0 Å². The molecule has 2 aromatic rings. The fourth-order valence-corrected chi connectivity index (χ4v) is 2.87. The second kappa shape index (κ2) is 7.49. The van der Waals surface area contributed by atoms with E-state index in [1.165, 1.54) is 12.8 Å². The first-order valence-electron chi connectivity index (χ1n) is 8.00. The molecule has 1 aromatic heterocycles. The normalized spacial score (nSPS) is 13.8. The van der Waals surface area contributed by atoms with E-state index in [4.69, 9.17) is 11.6 Å². The third kappa shape index (κ3) is 4.35. The second-order valence-electron chi connectivity index (χ2n) is 5.81. The second-order valence-corrected chi connectivity index (χ2v) is 6.25. The van der Waals surface area contributed by atoms with Gasteiger partial charge < -0.3 is 15.5 Å². The van der Waals surface area contributed by atoms with Crippen molar-refractivity contribution in [2.75, 3.05) is 23.3 Å². The molecule has 7 heteroatoms. The molecule has 0 spiro atoms. The molecular weight excluding hydrogens is 326 g/mol. The van der Waals surface area contributed by atoms with Gasteiger partial charge in [0.05, 0.1) is 12.2 Å². The SMILES string of the molecule is Cc1cc(CNC(=O)Nc2cccc(Cl)c2)nc(N2CCCC2)n1. The molecule has 0 saturated carbocycles. The fraction of sp³-hybridized carbons (Fsp3) is 0.353. The van der Waals surface area contributed by atoms with Crippen molar-refractivity contribution in [1.82, 2.24) is 15.3 Å². The highest BCUT2D eigenvalue weighted by atomic mass is 35.5. The van der Waals surface area contributed by atoms with E-state index in [2.05, 4.69) is 25.5 Å². The van der Waals surface area contributed by atoms with Crippen molar-refractivity contribution < 1.29 is 4.79 Å². The Morgan fingerprint density at radius 3 is 2.79 bits per heavy atom. The van der Waals surface area contributed by atoms with Gasteiger partial charge in [0.25, 0.3) is 0 Å². The van der Waals surface area contributed by atoms with E-state index in [1.807, 2.05) is 13.0 Å². The fourth-order valence-electron chi connectivity index (χ4n) is 2.68. The Balaban J connectivity index is 1.60. The first-order valence-corrected chi connectivity index (χ1v) is 8.38. The summed E-state index contributed by atoms with van der Waals surface area (Å²) in [4.78, 5) is 23.2. The summed E-state index contributed by atoms with van der Waals surface area (Å²) in [5, 5.41) is 6.14. The van der Waals surface area contributed by atoms with E-state index in [-0.39, 0.29) is 6.03 Å². The van der Waals surface area contributed by atoms with E-state index in [9.17, 15) is 4.79 Å². The van der Waals surface area contributed by atoms with Gasteiger partial charge in [-0.15, -0.1) is 0 Å². The maximum atomic E-state index is 12.0. The summed E-state index contributed by atoms with van der Waals surface area (Å²) >= 11 is 5.90. The summed E-state index contributed by atoms with van der Waals surface area (Å²) in [6.07, 6.45) is 2.35. The minimum absolute atomic E-state index is 0.295. The van der Waals surface area contributed by atoms with Crippen molar-refractivity contribution in [2.24, 2.45) is 0 Å². The third-order valence-electron chi connectivity index (χ3n) is 3.80. The molecular formula is C17H20ClN5O. The maximum Gasteiger partial charge on any atom is 0.319 e. The molecule has 6 nitrogen and oxygen atoms in total. The minimum Gasteiger partial charge on any atom is -0.341 e. The molecule has 0 aliphatic carbocycles. The van der Waals surface area contributed by atoms with Crippen LogP contribution in [0.15, 0.2) is 30.3 Å². The molecule has 2 heterocycles. The molecule has 0 atom stereocenters. The van der Waals surface area contributed by atoms with Crippen LogP contribution in [0.3, 0.4) is 0 Å². The number of nitrogens with zero attached hydrogens (tertiary/aromatic N) is 3. The van der Waals surface area contributed by atoms with Gasteiger partial charge in [-0.25, -0.2) is 14.8 Å². The summed E-state index contributed by atoms with van der Waals surface area (Å²) in [7, 11) is 0. The van der Waals surface area contributed by atoms with Gasteiger partial charge in [0.15, 0.2) is 0 Å². The van der Waals surface area contributed by atoms with Crippen LogP contribution >= 0.6 is 11.6 Å². The van der Waals surface area contributed by atoms with Gasteiger partial charge in [-0.05, 0) is 44.0 Å². The quantitative estimate of drug-likeness (QED) is 0.891. The molecule has 24 heavy (non-hydrogen) atoms. The number of benzene rings is 1. The Morgan fingerprint density at radius 2 is 2.04 bits per heavy atom. The molecule has 0 radical (unpaired) electrons. The molecule has 2 amide bonds. The van der Waals surface area contributed by atoms with Crippen LogP contribution in [0.1, 0.15) is 24.2 Å². The van der Waals surface area contributed by atoms with Crippen LogP contribution in [0.4, 0.5) is 16.4 Å². The lowest BCUT2D eigenvalue weighted by Gasteiger charge is -2.16. The van der Waals surface area contributed by atoms with E-state index >= 15 is 0 Å². The Morgan fingerprint density at radius 1 is 1.25 bits per heavy atom. The smallest absolute Gasteiger partial charge is 0.319 e. The zero-order valence-corrected chi connectivity index (χ0v) is 14.3. The van der Waals surface area contributed by atoms with Gasteiger partial charge in [-0.1, -0.05) is 17.7 Å². The summed E-state index contributed by atoms with van der Waals surface area (Å²) in [5.41, 5.74) is 2.35. The number of urea groups is 1. The van der Waals surface area contributed by atoms with Gasteiger partial charge in [0, 0.05) is 29.5 Å². The number of hydrogen-bond donors (Lipinski definition) is 2. The van der Waals surface area contributed by atoms with Crippen LogP contribution < -0.4 is 15.5 Å². The highest BCUT2D eigenvalue weighted by molar-refractivity contribution is 6.30. The van der Waals surface area contributed by atoms with Gasteiger partial charge in [0.1, 0.15) is 0 Å². The number of hydrogen-bond acceptors (Lipinski definition) is 4. The lowest BCUT2D eigenvalue weighted by Crippen LogP contribution is -2.29. The molecule has 0 bridgehead atoms. The molecule has 1 aliphatic heterocycles. The van der Waals surface area contributed by atoms with Crippen LogP contribution in [0, 0.1) is 6.92 Å². The average molecular weight is 346 g/mol. The van der Waals surface area contributed by atoms with Gasteiger partial charge >= 0.3 is 6.03 Å². The van der Waals surface area contributed by atoms with Gasteiger partial charge in [-0.3, -0.25) is 0 Å². The number of amides is 2. The number of halogens is 1. The molecule has 1 saturated heterocycles. The third-order valence-corrected chi connectivity index (χ3v) is 4.03. The van der Waals surface area contributed by atoms with E-state index in [0.717, 1.165) is 30.4 Å². The van der Waals surface area contributed by atoms with Crippen LogP contribution in [0.5, 0.6) is 0 Å². The van der Waals surface area contributed by atoms with Crippen molar-refractivity contribution in [3.05, 3.63) is 46.7 Å². The average Bonchev–Trinajstić information content (AvgIpc) is 3.07. The highest BCUT2D eigenvalue weighted by Gasteiger charge is 2.16. The lowest BCUT2D eigenvalue weighted by atomic mass is 10.3. The summed E-state index contributed by atoms with van der Waals surface area (Å²) in [6.45, 7) is 4.27. The van der Waals surface area contributed by atoms with E-state index in [0.29, 0.717) is 17.3 Å². The standard InChI is InChI=1S/C17H20ClN5O/c1-12-9-15(21-16(20-12)23-7-2-3-8-23)11-19-17(24)22-14-6-4-5-13(18)10-14/h4-6,9-10H,2-3,7-8,11H2,1H3,(H2,19,22,24). The van der Waals surface area contributed by atoms with Crippen molar-refractivity contribution in [2.45, 2.75) is 26.3 Å². The Kier molecular flexibility index (Phi) is 5.15. The number of rotatable bonds is 4. The topological polar surface area (TPSA) is 70.2 Å². The molecule has 1 aliphatic rings. The first-order chi connectivity index (χ1) is 11.6.